The van der Waals surface area contributed by atoms with Crippen LogP contribution in [0.4, 0.5) is 0 Å². The molecule has 0 saturated heterocycles. The minimum atomic E-state index is 0.0525. The summed E-state index contributed by atoms with van der Waals surface area (Å²) in [6.07, 6.45) is 0.896. The SMILES string of the molecule is COc1cccc([C@@H]2C[C@H]2C(=O)N(C)C[C@H](C)c2nn[nH]n2)c1. The van der Waals surface area contributed by atoms with Gasteiger partial charge >= 0.3 is 0 Å². The first-order valence-corrected chi connectivity index (χ1v) is 7.72. The Kier molecular flexibility index (Phi) is 4.27. The fraction of sp³-hybridized carbons (Fsp3) is 0.500. The standard InChI is InChI=1S/C16H21N5O2/c1-10(15-17-19-20-18-15)9-21(2)16(22)14-8-13(14)11-5-4-6-12(7-11)23-3/h4-7,10,13-14H,8-9H2,1-3H3,(H,17,18,19,20)/t10-,13-,14+/m0/s1. The van der Waals surface area contributed by atoms with E-state index in [4.69, 9.17) is 4.74 Å². The first-order chi connectivity index (χ1) is 11.1. The molecule has 0 spiro atoms. The molecule has 1 aliphatic rings. The van der Waals surface area contributed by atoms with Gasteiger partial charge in [-0.05, 0) is 30.0 Å². The second kappa shape index (κ2) is 6.36. The molecular weight excluding hydrogens is 294 g/mol. The van der Waals surface area contributed by atoms with Crippen LogP contribution in [0.3, 0.4) is 0 Å². The zero-order chi connectivity index (χ0) is 16.4. The van der Waals surface area contributed by atoms with Crippen molar-refractivity contribution < 1.29 is 9.53 Å². The number of benzene rings is 1. The highest BCUT2D eigenvalue weighted by Gasteiger charge is 2.45. The van der Waals surface area contributed by atoms with Crippen LogP contribution in [0.15, 0.2) is 24.3 Å². The van der Waals surface area contributed by atoms with Crippen LogP contribution in [0, 0.1) is 5.92 Å². The van der Waals surface area contributed by atoms with E-state index in [0.29, 0.717) is 18.3 Å². The van der Waals surface area contributed by atoms with E-state index in [1.165, 1.54) is 5.56 Å². The van der Waals surface area contributed by atoms with E-state index >= 15 is 0 Å². The number of tetrazole rings is 1. The van der Waals surface area contributed by atoms with Gasteiger partial charge in [0.15, 0.2) is 5.82 Å². The molecule has 3 rings (SSSR count). The predicted octanol–water partition coefficient (Wildman–Crippen LogP) is 1.57. The zero-order valence-electron chi connectivity index (χ0n) is 13.6. The van der Waals surface area contributed by atoms with E-state index in [1.54, 1.807) is 12.0 Å². The molecular formula is C16H21N5O2. The van der Waals surface area contributed by atoms with Crippen LogP contribution in [0.5, 0.6) is 5.75 Å². The topological polar surface area (TPSA) is 84.0 Å². The minimum Gasteiger partial charge on any atom is -0.497 e. The number of aromatic amines is 1. The third-order valence-electron chi connectivity index (χ3n) is 4.36. The fourth-order valence-corrected chi connectivity index (χ4v) is 2.95. The highest BCUT2D eigenvalue weighted by Crippen LogP contribution is 2.49. The summed E-state index contributed by atoms with van der Waals surface area (Å²) < 4.78 is 5.25. The normalized spacial score (nSPS) is 20.8. The molecule has 1 aromatic heterocycles. The Morgan fingerprint density at radius 2 is 2.35 bits per heavy atom. The lowest BCUT2D eigenvalue weighted by atomic mass is 10.1. The van der Waals surface area contributed by atoms with E-state index in [1.807, 2.05) is 32.2 Å². The number of methoxy groups -OCH3 is 1. The van der Waals surface area contributed by atoms with E-state index < -0.39 is 0 Å². The second-order valence-electron chi connectivity index (χ2n) is 6.12. The molecule has 3 atom stereocenters. The van der Waals surface area contributed by atoms with E-state index in [0.717, 1.165) is 12.2 Å². The predicted molar refractivity (Wildman–Crippen MR) is 84.1 cm³/mol. The molecule has 1 N–H and O–H groups in total. The summed E-state index contributed by atoms with van der Waals surface area (Å²) in [5, 5.41) is 13.9. The molecule has 0 aliphatic heterocycles. The number of carbonyl (C=O) groups is 1. The maximum atomic E-state index is 12.6. The van der Waals surface area contributed by atoms with E-state index in [-0.39, 0.29) is 17.7 Å². The van der Waals surface area contributed by atoms with Crippen LogP contribution in [-0.4, -0.2) is 52.1 Å². The summed E-state index contributed by atoms with van der Waals surface area (Å²) in [6, 6.07) is 7.96. The fourth-order valence-electron chi connectivity index (χ4n) is 2.95. The number of H-pyrrole nitrogens is 1. The number of rotatable bonds is 6. The van der Waals surface area contributed by atoms with Gasteiger partial charge in [0, 0.05) is 25.4 Å². The van der Waals surface area contributed by atoms with Crippen molar-refractivity contribution >= 4 is 5.91 Å². The summed E-state index contributed by atoms with van der Waals surface area (Å²) in [7, 11) is 3.49. The molecule has 122 valence electrons. The Hall–Kier alpha value is -2.44. The Morgan fingerprint density at radius 3 is 3.04 bits per heavy atom. The maximum Gasteiger partial charge on any atom is 0.226 e. The third-order valence-corrected chi connectivity index (χ3v) is 4.36. The number of nitrogens with one attached hydrogen (secondary N) is 1. The van der Waals surface area contributed by atoms with Gasteiger partial charge in [-0.1, -0.05) is 24.3 Å². The van der Waals surface area contributed by atoms with Crippen molar-refractivity contribution in [2.75, 3.05) is 20.7 Å². The molecule has 0 unspecified atom stereocenters. The van der Waals surface area contributed by atoms with Gasteiger partial charge in [0.1, 0.15) is 5.75 Å². The molecule has 1 fully saturated rings. The van der Waals surface area contributed by atoms with Gasteiger partial charge < -0.3 is 9.64 Å². The number of ether oxygens (including phenoxy) is 1. The van der Waals surface area contributed by atoms with Crippen LogP contribution in [0.1, 0.15) is 36.6 Å². The monoisotopic (exact) mass is 315 g/mol. The highest BCUT2D eigenvalue weighted by atomic mass is 16.5. The number of likely N-dealkylation sites (N-methyl/N-ethyl adjacent to an activating group) is 1. The van der Waals surface area contributed by atoms with Gasteiger partial charge in [0.05, 0.1) is 7.11 Å². The molecule has 1 saturated carbocycles. The number of hydrogen-bond acceptors (Lipinski definition) is 5. The van der Waals surface area contributed by atoms with E-state index in [9.17, 15) is 4.79 Å². The molecule has 1 aliphatic carbocycles. The molecule has 2 aromatic rings. The summed E-state index contributed by atoms with van der Waals surface area (Å²) in [5.41, 5.74) is 1.17. The van der Waals surface area contributed by atoms with Gasteiger partial charge in [-0.15, -0.1) is 10.2 Å². The van der Waals surface area contributed by atoms with Gasteiger partial charge in [-0.3, -0.25) is 4.79 Å². The summed E-state index contributed by atoms with van der Waals surface area (Å²) >= 11 is 0. The lowest BCUT2D eigenvalue weighted by molar-refractivity contribution is -0.131. The maximum absolute atomic E-state index is 12.6. The highest BCUT2D eigenvalue weighted by molar-refractivity contribution is 5.82. The minimum absolute atomic E-state index is 0.0525. The molecule has 1 heterocycles. The summed E-state index contributed by atoms with van der Waals surface area (Å²) in [5.74, 6) is 2.04. The lowest BCUT2D eigenvalue weighted by Gasteiger charge is -2.20. The Balaban J connectivity index is 1.59. The third kappa shape index (κ3) is 3.33. The quantitative estimate of drug-likeness (QED) is 0.875. The first-order valence-electron chi connectivity index (χ1n) is 7.72. The van der Waals surface area contributed by atoms with Crippen LogP contribution in [-0.2, 0) is 4.79 Å². The molecule has 1 amide bonds. The molecule has 7 heteroatoms. The largest absolute Gasteiger partial charge is 0.497 e. The molecule has 23 heavy (non-hydrogen) atoms. The average Bonchev–Trinajstić information content (AvgIpc) is 3.18. The number of aromatic nitrogens is 4. The van der Waals surface area contributed by atoms with Crippen LogP contribution in [0.25, 0.3) is 0 Å². The number of carbonyl (C=O) groups excluding carboxylic acids is 1. The number of amides is 1. The van der Waals surface area contributed by atoms with Crippen molar-refractivity contribution in [3.05, 3.63) is 35.7 Å². The first kappa shape index (κ1) is 15.5. The average molecular weight is 315 g/mol. The molecule has 0 bridgehead atoms. The smallest absolute Gasteiger partial charge is 0.226 e. The Labute approximate surface area is 135 Å². The number of hydrogen-bond donors (Lipinski definition) is 1. The van der Waals surface area contributed by atoms with Crippen molar-refractivity contribution in [1.29, 1.82) is 0 Å². The summed E-state index contributed by atoms with van der Waals surface area (Å²) in [6.45, 7) is 2.57. The van der Waals surface area contributed by atoms with Crippen molar-refractivity contribution in [2.45, 2.75) is 25.2 Å². The van der Waals surface area contributed by atoms with E-state index in [2.05, 4.69) is 26.7 Å². The van der Waals surface area contributed by atoms with Crippen LogP contribution in [0.2, 0.25) is 0 Å². The number of nitrogens with zero attached hydrogens (tertiary/aromatic N) is 4. The second-order valence-corrected chi connectivity index (χ2v) is 6.12. The van der Waals surface area contributed by atoms with Crippen LogP contribution >= 0.6 is 0 Å². The molecule has 0 radical (unpaired) electrons. The van der Waals surface area contributed by atoms with Crippen LogP contribution < -0.4 is 4.74 Å². The van der Waals surface area contributed by atoms with Gasteiger partial charge in [-0.25, -0.2) is 0 Å². The Bertz CT molecular complexity index is 673. The van der Waals surface area contributed by atoms with Gasteiger partial charge in [0.25, 0.3) is 0 Å². The summed E-state index contributed by atoms with van der Waals surface area (Å²) in [4.78, 5) is 14.3. The van der Waals surface area contributed by atoms with Crippen molar-refractivity contribution in [3.8, 4) is 5.75 Å². The zero-order valence-corrected chi connectivity index (χ0v) is 13.6. The lowest BCUT2D eigenvalue weighted by Crippen LogP contribution is -2.32. The van der Waals surface area contributed by atoms with Crippen molar-refractivity contribution in [1.82, 2.24) is 25.5 Å². The van der Waals surface area contributed by atoms with Crippen molar-refractivity contribution in [2.24, 2.45) is 5.92 Å². The van der Waals surface area contributed by atoms with Gasteiger partial charge in [0.2, 0.25) is 5.91 Å². The molecule has 7 nitrogen and oxygen atoms in total. The van der Waals surface area contributed by atoms with Crippen molar-refractivity contribution in [3.63, 3.8) is 0 Å². The Morgan fingerprint density at radius 1 is 1.52 bits per heavy atom. The molecule has 1 aromatic carbocycles. The van der Waals surface area contributed by atoms with Gasteiger partial charge in [-0.2, -0.15) is 5.21 Å².